The Balaban J connectivity index is 1.84. The SMILES string of the molecule is CN(C)C(=O)CCCOc1c(Cl)cccc1CNC1CC1. The molecule has 1 aromatic carbocycles. The van der Waals surface area contributed by atoms with E-state index in [1.807, 2.05) is 18.2 Å². The number of amides is 1. The van der Waals surface area contributed by atoms with Crippen molar-refractivity contribution in [2.75, 3.05) is 20.7 Å². The lowest BCUT2D eigenvalue weighted by Crippen LogP contribution is -2.22. The molecule has 5 heteroatoms. The molecule has 116 valence electrons. The number of nitrogens with one attached hydrogen (secondary N) is 1. The zero-order valence-corrected chi connectivity index (χ0v) is 13.4. The summed E-state index contributed by atoms with van der Waals surface area (Å²) in [6.07, 6.45) is 3.69. The predicted octanol–water partition coefficient (Wildman–Crippen LogP) is 2.84. The molecule has 0 unspecified atom stereocenters. The van der Waals surface area contributed by atoms with Gasteiger partial charge < -0.3 is 15.0 Å². The molecule has 2 rings (SSSR count). The van der Waals surface area contributed by atoms with Gasteiger partial charge in [0.15, 0.2) is 0 Å². The van der Waals surface area contributed by atoms with E-state index in [0.29, 0.717) is 30.5 Å². The number of benzene rings is 1. The summed E-state index contributed by atoms with van der Waals surface area (Å²) in [5.74, 6) is 0.859. The van der Waals surface area contributed by atoms with Crippen LogP contribution in [0.15, 0.2) is 18.2 Å². The van der Waals surface area contributed by atoms with Crippen LogP contribution in [0, 0.1) is 0 Å². The summed E-state index contributed by atoms with van der Waals surface area (Å²) in [5, 5.41) is 4.09. The molecule has 0 heterocycles. The van der Waals surface area contributed by atoms with E-state index < -0.39 is 0 Å². The quantitative estimate of drug-likeness (QED) is 0.751. The van der Waals surface area contributed by atoms with Crippen molar-refractivity contribution in [1.82, 2.24) is 10.2 Å². The summed E-state index contributed by atoms with van der Waals surface area (Å²) in [4.78, 5) is 13.1. The van der Waals surface area contributed by atoms with Crippen molar-refractivity contribution in [3.05, 3.63) is 28.8 Å². The van der Waals surface area contributed by atoms with Gasteiger partial charge in [0.05, 0.1) is 11.6 Å². The number of hydrogen-bond donors (Lipinski definition) is 1. The number of para-hydroxylation sites is 1. The molecule has 0 aromatic heterocycles. The lowest BCUT2D eigenvalue weighted by Gasteiger charge is -2.14. The van der Waals surface area contributed by atoms with Crippen molar-refractivity contribution >= 4 is 17.5 Å². The van der Waals surface area contributed by atoms with Gasteiger partial charge in [-0.1, -0.05) is 23.7 Å². The van der Waals surface area contributed by atoms with Crippen molar-refractivity contribution in [3.8, 4) is 5.75 Å². The van der Waals surface area contributed by atoms with Gasteiger partial charge in [0.2, 0.25) is 5.91 Å². The van der Waals surface area contributed by atoms with E-state index in [-0.39, 0.29) is 5.91 Å². The lowest BCUT2D eigenvalue weighted by molar-refractivity contribution is -0.128. The number of carbonyl (C=O) groups excluding carboxylic acids is 1. The van der Waals surface area contributed by atoms with E-state index in [2.05, 4.69) is 5.32 Å². The molecule has 0 bridgehead atoms. The highest BCUT2D eigenvalue weighted by Gasteiger charge is 2.21. The van der Waals surface area contributed by atoms with Gasteiger partial charge in [-0.15, -0.1) is 0 Å². The molecule has 0 saturated heterocycles. The third-order valence-corrected chi connectivity index (χ3v) is 3.78. The maximum atomic E-state index is 11.5. The van der Waals surface area contributed by atoms with Crippen LogP contribution in [0.1, 0.15) is 31.2 Å². The van der Waals surface area contributed by atoms with Crippen LogP contribution >= 0.6 is 11.6 Å². The van der Waals surface area contributed by atoms with Crippen LogP contribution in [0.25, 0.3) is 0 Å². The fraction of sp³-hybridized carbons (Fsp3) is 0.562. The summed E-state index contributed by atoms with van der Waals surface area (Å²) >= 11 is 6.22. The molecule has 4 nitrogen and oxygen atoms in total. The van der Waals surface area contributed by atoms with Crippen molar-refractivity contribution in [1.29, 1.82) is 0 Å². The van der Waals surface area contributed by atoms with Gasteiger partial charge >= 0.3 is 0 Å². The minimum absolute atomic E-state index is 0.119. The van der Waals surface area contributed by atoms with Crippen molar-refractivity contribution < 1.29 is 9.53 Å². The molecular formula is C16H23ClN2O2. The number of nitrogens with zero attached hydrogens (tertiary/aromatic N) is 1. The van der Waals surface area contributed by atoms with E-state index in [0.717, 1.165) is 17.9 Å². The Morgan fingerprint density at radius 3 is 2.86 bits per heavy atom. The molecule has 0 spiro atoms. The van der Waals surface area contributed by atoms with Gasteiger partial charge in [0.1, 0.15) is 5.75 Å². The van der Waals surface area contributed by atoms with Crippen LogP contribution in [0.3, 0.4) is 0 Å². The topological polar surface area (TPSA) is 41.6 Å². The highest BCUT2D eigenvalue weighted by Crippen LogP contribution is 2.30. The summed E-state index contributed by atoms with van der Waals surface area (Å²) in [5.41, 5.74) is 1.08. The third kappa shape index (κ3) is 5.21. The molecule has 1 aliphatic carbocycles. The first-order valence-electron chi connectivity index (χ1n) is 7.41. The number of halogens is 1. The zero-order valence-electron chi connectivity index (χ0n) is 12.7. The lowest BCUT2D eigenvalue weighted by atomic mass is 10.2. The fourth-order valence-electron chi connectivity index (χ4n) is 2.02. The Morgan fingerprint density at radius 2 is 2.19 bits per heavy atom. The second-order valence-electron chi connectivity index (χ2n) is 5.62. The summed E-state index contributed by atoms with van der Waals surface area (Å²) in [6, 6.07) is 6.45. The largest absolute Gasteiger partial charge is 0.492 e. The van der Waals surface area contributed by atoms with Crippen LogP contribution in [0.5, 0.6) is 5.75 Å². The first-order valence-corrected chi connectivity index (χ1v) is 7.79. The van der Waals surface area contributed by atoms with Crippen LogP contribution in [-0.4, -0.2) is 37.6 Å². The third-order valence-electron chi connectivity index (χ3n) is 3.49. The first-order chi connectivity index (χ1) is 10.1. The molecular weight excluding hydrogens is 288 g/mol. The second kappa shape index (κ2) is 7.66. The van der Waals surface area contributed by atoms with E-state index in [1.54, 1.807) is 19.0 Å². The van der Waals surface area contributed by atoms with Crippen molar-refractivity contribution in [2.24, 2.45) is 0 Å². The fourth-order valence-corrected chi connectivity index (χ4v) is 2.27. The normalized spacial score (nSPS) is 14.0. The van der Waals surface area contributed by atoms with Gasteiger partial charge in [-0.2, -0.15) is 0 Å². The van der Waals surface area contributed by atoms with Gasteiger partial charge in [-0.05, 0) is 25.3 Å². The van der Waals surface area contributed by atoms with E-state index in [9.17, 15) is 4.79 Å². The van der Waals surface area contributed by atoms with Gasteiger partial charge in [-0.3, -0.25) is 4.79 Å². The number of rotatable bonds is 8. The van der Waals surface area contributed by atoms with Crippen molar-refractivity contribution in [3.63, 3.8) is 0 Å². The highest BCUT2D eigenvalue weighted by molar-refractivity contribution is 6.32. The maximum absolute atomic E-state index is 11.5. The molecule has 1 aliphatic rings. The molecule has 0 radical (unpaired) electrons. The summed E-state index contributed by atoms with van der Waals surface area (Å²) in [7, 11) is 3.53. The minimum atomic E-state index is 0.119. The number of ether oxygens (including phenoxy) is 1. The Bertz CT molecular complexity index is 487. The Morgan fingerprint density at radius 1 is 1.43 bits per heavy atom. The molecule has 1 N–H and O–H groups in total. The Labute approximate surface area is 131 Å². The van der Waals surface area contributed by atoms with Crippen LogP contribution < -0.4 is 10.1 Å². The van der Waals surface area contributed by atoms with Gasteiger partial charge in [0, 0.05) is 38.7 Å². The minimum Gasteiger partial charge on any atom is -0.492 e. The van der Waals surface area contributed by atoms with E-state index in [1.165, 1.54) is 12.8 Å². The van der Waals surface area contributed by atoms with Crippen molar-refractivity contribution in [2.45, 2.75) is 38.3 Å². The molecule has 0 aliphatic heterocycles. The molecule has 1 amide bonds. The monoisotopic (exact) mass is 310 g/mol. The van der Waals surface area contributed by atoms with E-state index >= 15 is 0 Å². The Hall–Kier alpha value is -1.26. The Kier molecular flexibility index (Phi) is 5.88. The molecule has 1 fully saturated rings. The molecule has 1 saturated carbocycles. The second-order valence-corrected chi connectivity index (χ2v) is 6.03. The zero-order chi connectivity index (χ0) is 15.2. The summed E-state index contributed by atoms with van der Waals surface area (Å²) in [6.45, 7) is 1.27. The van der Waals surface area contributed by atoms with Gasteiger partial charge in [-0.25, -0.2) is 0 Å². The van der Waals surface area contributed by atoms with Crippen LogP contribution in [0.4, 0.5) is 0 Å². The standard InChI is InChI=1S/C16H23ClN2O2/c1-19(2)15(20)7-4-10-21-16-12(5-3-6-14(16)17)11-18-13-8-9-13/h3,5-6,13,18H,4,7-11H2,1-2H3. The summed E-state index contributed by atoms with van der Waals surface area (Å²) < 4.78 is 5.81. The predicted molar refractivity (Wildman–Crippen MR) is 84.7 cm³/mol. The number of hydrogen-bond acceptors (Lipinski definition) is 3. The highest BCUT2D eigenvalue weighted by atomic mass is 35.5. The van der Waals surface area contributed by atoms with Crippen LogP contribution in [-0.2, 0) is 11.3 Å². The average Bonchev–Trinajstić information content (AvgIpc) is 3.26. The van der Waals surface area contributed by atoms with Crippen LogP contribution in [0.2, 0.25) is 5.02 Å². The molecule has 1 aromatic rings. The molecule has 21 heavy (non-hydrogen) atoms. The smallest absolute Gasteiger partial charge is 0.222 e. The maximum Gasteiger partial charge on any atom is 0.222 e. The number of carbonyl (C=O) groups is 1. The van der Waals surface area contributed by atoms with Gasteiger partial charge in [0.25, 0.3) is 0 Å². The molecule has 0 atom stereocenters. The van der Waals surface area contributed by atoms with E-state index in [4.69, 9.17) is 16.3 Å². The average molecular weight is 311 g/mol. The first kappa shape index (κ1) is 16.1.